The molecule has 1 N–H and O–H groups in total. The summed E-state index contributed by atoms with van der Waals surface area (Å²) in [5.41, 5.74) is 2.79. The zero-order valence-electron chi connectivity index (χ0n) is 13.2. The maximum atomic E-state index is 4.08. The minimum Gasteiger partial charge on any atom is -0.312 e. The summed E-state index contributed by atoms with van der Waals surface area (Å²) in [6, 6.07) is 6.55. The highest BCUT2D eigenvalue weighted by Crippen LogP contribution is 2.23. The van der Waals surface area contributed by atoms with Crippen molar-refractivity contribution in [3.63, 3.8) is 0 Å². The molecule has 0 aliphatic rings. The topological polar surface area (TPSA) is 28.2 Å². The number of pyridine rings is 1. The summed E-state index contributed by atoms with van der Waals surface area (Å²) >= 11 is 1.91. The Morgan fingerprint density at radius 2 is 1.95 bits per heavy atom. The Labute approximate surface area is 132 Å². The normalized spacial score (nSPS) is 11.2. The Kier molecular flexibility index (Phi) is 6.36. The van der Waals surface area contributed by atoms with Gasteiger partial charge in [-0.3, -0.25) is 9.88 Å². The van der Waals surface area contributed by atoms with Crippen molar-refractivity contribution in [2.75, 3.05) is 13.1 Å². The van der Waals surface area contributed by atoms with Crippen LogP contribution in [0.1, 0.15) is 34.7 Å². The zero-order valence-corrected chi connectivity index (χ0v) is 14.0. The summed E-state index contributed by atoms with van der Waals surface area (Å²) in [6.45, 7) is 11.7. The molecule has 0 bridgehead atoms. The number of aryl methyl sites for hydroxylation is 1. The number of nitrogens with one attached hydrogen (secondary N) is 1. The monoisotopic (exact) mass is 303 g/mol. The van der Waals surface area contributed by atoms with Crippen LogP contribution in [0.25, 0.3) is 0 Å². The molecule has 0 saturated carbocycles. The predicted octanol–water partition coefficient (Wildman–Crippen LogP) is 3.58. The van der Waals surface area contributed by atoms with E-state index in [0.29, 0.717) is 0 Å². The summed E-state index contributed by atoms with van der Waals surface area (Å²) in [6.07, 6.45) is 3.74. The minimum atomic E-state index is 0.983. The first-order chi connectivity index (χ1) is 10.2. The van der Waals surface area contributed by atoms with Crippen LogP contribution in [0.4, 0.5) is 0 Å². The fraction of sp³-hybridized carbons (Fsp3) is 0.471. The Bertz CT molecular complexity index is 536. The zero-order chi connectivity index (χ0) is 15.1. The molecule has 3 nitrogen and oxygen atoms in total. The first kappa shape index (κ1) is 16.1. The van der Waals surface area contributed by atoms with Gasteiger partial charge in [0.2, 0.25) is 0 Å². The first-order valence-electron chi connectivity index (χ1n) is 7.63. The van der Waals surface area contributed by atoms with E-state index in [1.165, 1.54) is 20.9 Å². The van der Waals surface area contributed by atoms with Crippen molar-refractivity contribution in [1.29, 1.82) is 0 Å². The smallest absolute Gasteiger partial charge is 0.0299 e. The Morgan fingerprint density at radius 3 is 2.62 bits per heavy atom. The maximum Gasteiger partial charge on any atom is 0.0299 e. The minimum absolute atomic E-state index is 0.983. The molecule has 21 heavy (non-hydrogen) atoms. The molecule has 0 saturated heterocycles. The largest absolute Gasteiger partial charge is 0.312 e. The van der Waals surface area contributed by atoms with Crippen LogP contribution in [-0.4, -0.2) is 23.0 Å². The molecular formula is C17H25N3S. The van der Waals surface area contributed by atoms with E-state index in [1.54, 1.807) is 0 Å². The van der Waals surface area contributed by atoms with E-state index in [0.717, 1.165) is 32.7 Å². The molecule has 2 rings (SSSR count). The van der Waals surface area contributed by atoms with Crippen molar-refractivity contribution < 1.29 is 0 Å². The van der Waals surface area contributed by atoms with E-state index in [-0.39, 0.29) is 0 Å². The van der Waals surface area contributed by atoms with Gasteiger partial charge in [0.25, 0.3) is 0 Å². The number of hydrogen-bond donors (Lipinski definition) is 1. The molecule has 2 aromatic heterocycles. The molecule has 4 heteroatoms. The van der Waals surface area contributed by atoms with Gasteiger partial charge >= 0.3 is 0 Å². The van der Waals surface area contributed by atoms with Gasteiger partial charge in [-0.05, 0) is 49.3 Å². The highest BCUT2D eigenvalue weighted by atomic mass is 32.1. The SMILES string of the molecule is CCNCc1cc(CN(CC)Cc2ccncc2)c(C)s1. The molecular weight excluding hydrogens is 278 g/mol. The number of hydrogen-bond acceptors (Lipinski definition) is 4. The fourth-order valence-corrected chi connectivity index (χ4v) is 3.37. The van der Waals surface area contributed by atoms with Gasteiger partial charge in [-0.25, -0.2) is 0 Å². The third-order valence-corrected chi connectivity index (χ3v) is 4.71. The summed E-state index contributed by atoms with van der Waals surface area (Å²) in [5, 5.41) is 3.40. The first-order valence-corrected chi connectivity index (χ1v) is 8.44. The van der Waals surface area contributed by atoms with Gasteiger partial charge < -0.3 is 5.32 Å². The van der Waals surface area contributed by atoms with E-state index in [2.05, 4.69) is 54.2 Å². The van der Waals surface area contributed by atoms with Crippen molar-refractivity contribution in [3.05, 3.63) is 51.5 Å². The third-order valence-electron chi connectivity index (χ3n) is 3.62. The van der Waals surface area contributed by atoms with Crippen molar-refractivity contribution in [2.45, 2.75) is 40.4 Å². The Morgan fingerprint density at radius 1 is 1.19 bits per heavy atom. The number of rotatable bonds is 8. The standard InChI is InChI=1S/C17H25N3S/c1-4-18-11-17-10-16(14(3)21-17)13-20(5-2)12-15-6-8-19-9-7-15/h6-10,18H,4-5,11-13H2,1-3H3. The summed E-state index contributed by atoms with van der Waals surface area (Å²) in [4.78, 5) is 9.43. The molecule has 0 aliphatic heterocycles. The lowest BCUT2D eigenvalue weighted by Gasteiger charge is -2.20. The van der Waals surface area contributed by atoms with Gasteiger partial charge in [-0.15, -0.1) is 11.3 Å². The average molecular weight is 303 g/mol. The van der Waals surface area contributed by atoms with Crippen molar-refractivity contribution >= 4 is 11.3 Å². The van der Waals surface area contributed by atoms with Gasteiger partial charge in [0.05, 0.1) is 0 Å². The van der Waals surface area contributed by atoms with Gasteiger partial charge in [-0.2, -0.15) is 0 Å². The van der Waals surface area contributed by atoms with E-state index in [4.69, 9.17) is 0 Å². The molecule has 0 unspecified atom stereocenters. The fourth-order valence-electron chi connectivity index (χ4n) is 2.35. The molecule has 0 spiro atoms. The highest BCUT2D eigenvalue weighted by molar-refractivity contribution is 7.12. The molecule has 0 atom stereocenters. The molecule has 114 valence electrons. The van der Waals surface area contributed by atoms with Crippen LogP contribution in [0, 0.1) is 6.92 Å². The molecule has 0 aromatic carbocycles. The average Bonchev–Trinajstić information content (AvgIpc) is 2.85. The third kappa shape index (κ3) is 4.92. The summed E-state index contributed by atoms with van der Waals surface area (Å²) in [7, 11) is 0. The van der Waals surface area contributed by atoms with Gasteiger partial charge in [0, 0.05) is 41.8 Å². The Balaban J connectivity index is 1.99. The van der Waals surface area contributed by atoms with E-state index >= 15 is 0 Å². The van der Waals surface area contributed by atoms with Gasteiger partial charge in [-0.1, -0.05) is 13.8 Å². The van der Waals surface area contributed by atoms with Crippen LogP contribution in [0.3, 0.4) is 0 Å². The highest BCUT2D eigenvalue weighted by Gasteiger charge is 2.10. The number of thiophene rings is 1. The van der Waals surface area contributed by atoms with Crippen molar-refractivity contribution in [1.82, 2.24) is 15.2 Å². The van der Waals surface area contributed by atoms with Crippen LogP contribution in [-0.2, 0) is 19.6 Å². The van der Waals surface area contributed by atoms with Crippen LogP contribution in [0.5, 0.6) is 0 Å². The van der Waals surface area contributed by atoms with Crippen LogP contribution in [0.15, 0.2) is 30.6 Å². The lowest BCUT2D eigenvalue weighted by atomic mass is 10.2. The quantitative estimate of drug-likeness (QED) is 0.808. The summed E-state index contributed by atoms with van der Waals surface area (Å²) in [5.74, 6) is 0. The predicted molar refractivity (Wildman–Crippen MR) is 90.5 cm³/mol. The van der Waals surface area contributed by atoms with Gasteiger partial charge in [0.1, 0.15) is 0 Å². The number of aromatic nitrogens is 1. The lowest BCUT2D eigenvalue weighted by molar-refractivity contribution is 0.271. The van der Waals surface area contributed by atoms with Crippen LogP contribution in [0.2, 0.25) is 0 Å². The van der Waals surface area contributed by atoms with E-state index in [9.17, 15) is 0 Å². The maximum absolute atomic E-state index is 4.08. The number of nitrogens with zero attached hydrogens (tertiary/aromatic N) is 2. The van der Waals surface area contributed by atoms with Crippen LogP contribution >= 0.6 is 11.3 Å². The Hall–Kier alpha value is -1.23. The molecule has 0 aliphatic carbocycles. The van der Waals surface area contributed by atoms with Gasteiger partial charge in [0.15, 0.2) is 0 Å². The van der Waals surface area contributed by atoms with E-state index < -0.39 is 0 Å². The summed E-state index contributed by atoms with van der Waals surface area (Å²) < 4.78 is 0. The second-order valence-corrected chi connectivity index (χ2v) is 6.57. The van der Waals surface area contributed by atoms with Crippen molar-refractivity contribution in [2.24, 2.45) is 0 Å². The van der Waals surface area contributed by atoms with Crippen LogP contribution < -0.4 is 5.32 Å². The molecule has 0 amide bonds. The second kappa shape index (κ2) is 8.27. The second-order valence-electron chi connectivity index (χ2n) is 5.23. The van der Waals surface area contributed by atoms with E-state index in [1.807, 2.05) is 23.7 Å². The molecule has 2 heterocycles. The lowest BCUT2D eigenvalue weighted by Crippen LogP contribution is -2.22. The molecule has 0 fully saturated rings. The molecule has 0 radical (unpaired) electrons. The molecule has 2 aromatic rings. The van der Waals surface area contributed by atoms with Crippen molar-refractivity contribution in [3.8, 4) is 0 Å².